The Hall–Kier alpha value is -3.73. The van der Waals surface area contributed by atoms with Gasteiger partial charge in [0, 0.05) is 12.2 Å². The summed E-state index contributed by atoms with van der Waals surface area (Å²) < 4.78 is 9.34. The quantitative estimate of drug-likeness (QED) is 0.396. The number of esters is 1. The highest BCUT2D eigenvalue weighted by atomic mass is 32.1. The van der Waals surface area contributed by atoms with Crippen LogP contribution in [0.1, 0.15) is 37.0 Å². The minimum atomic E-state index is -0.494. The fraction of sp³-hybridized carbons (Fsp3) is 0.318. The summed E-state index contributed by atoms with van der Waals surface area (Å²) >= 11 is 1.27. The van der Waals surface area contributed by atoms with Crippen LogP contribution in [-0.2, 0) is 22.6 Å². The zero-order chi connectivity index (χ0) is 23.5. The number of ether oxygens (including phenoxy) is 1. The number of benzene rings is 1. The fourth-order valence-corrected chi connectivity index (χ4v) is 4.32. The molecule has 0 fully saturated rings. The van der Waals surface area contributed by atoms with Crippen LogP contribution < -0.4 is 16.6 Å². The van der Waals surface area contributed by atoms with Crippen LogP contribution in [0.15, 0.2) is 45.3 Å². The summed E-state index contributed by atoms with van der Waals surface area (Å²) in [6.07, 6.45) is 1.64. The van der Waals surface area contributed by atoms with E-state index in [0.717, 1.165) is 17.5 Å². The van der Waals surface area contributed by atoms with Crippen molar-refractivity contribution in [2.24, 2.45) is 0 Å². The molecule has 4 rings (SSSR count). The predicted octanol–water partition coefficient (Wildman–Crippen LogP) is 2.49. The highest BCUT2D eigenvalue weighted by Crippen LogP contribution is 2.17. The van der Waals surface area contributed by atoms with Crippen molar-refractivity contribution in [2.75, 3.05) is 11.9 Å². The first-order valence-corrected chi connectivity index (χ1v) is 11.5. The highest BCUT2D eigenvalue weighted by Gasteiger charge is 2.19. The van der Waals surface area contributed by atoms with Crippen molar-refractivity contribution in [1.29, 1.82) is 0 Å². The van der Waals surface area contributed by atoms with Gasteiger partial charge in [0.15, 0.2) is 0 Å². The molecule has 10 nitrogen and oxygen atoms in total. The Bertz CT molecular complexity index is 1440. The van der Waals surface area contributed by atoms with E-state index in [0.29, 0.717) is 28.0 Å². The molecule has 0 unspecified atom stereocenters. The Labute approximate surface area is 192 Å². The molecule has 1 amide bonds. The second-order valence-corrected chi connectivity index (χ2v) is 8.28. The van der Waals surface area contributed by atoms with Gasteiger partial charge in [-0.05, 0) is 49.1 Å². The molecule has 1 aromatic carbocycles. The zero-order valence-electron chi connectivity index (χ0n) is 18.2. The molecule has 0 saturated carbocycles. The van der Waals surface area contributed by atoms with Gasteiger partial charge < -0.3 is 10.1 Å². The monoisotopic (exact) mass is 469 g/mol. The van der Waals surface area contributed by atoms with Crippen LogP contribution >= 0.6 is 11.3 Å². The van der Waals surface area contributed by atoms with Crippen LogP contribution in [-0.4, -0.2) is 37.2 Å². The lowest BCUT2D eigenvalue weighted by atomic mass is 10.2. The molecule has 0 radical (unpaired) electrons. The van der Waals surface area contributed by atoms with Gasteiger partial charge in [-0.15, -0.1) is 16.4 Å². The number of aromatic nitrogens is 4. The Morgan fingerprint density at radius 2 is 1.88 bits per heavy atom. The molecular weight excluding hydrogens is 446 g/mol. The molecule has 0 saturated heterocycles. The molecule has 0 aliphatic heterocycles. The Morgan fingerprint density at radius 3 is 2.58 bits per heavy atom. The van der Waals surface area contributed by atoms with Gasteiger partial charge in [0.1, 0.15) is 11.2 Å². The summed E-state index contributed by atoms with van der Waals surface area (Å²) in [5.41, 5.74) is 0.635. The topological polar surface area (TPSA) is 117 Å². The standard InChI is InChI=1S/C22H23N5O5S/c1-3-5-11-25-19(29)18-16(10-12-33-18)27-21(25)24-26(22(27)31)13-17(28)23-15-8-6-14(7-9-15)20(30)32-4-2/h6-10,12H,3-5,11,13H2,1-2H3,(H,23,28). The zero-order valence-corrected chi connectivity index (χ0v) is 19.1. The number of aryl methyl sites for hydroxylation is 1. The Morgan fingerprint density at radius 1 is 1.12 bits per heavy atom. The molecule has 11 heteroatoms. The summed E-state index contributed by atoms with van der Waals surface area (Å²) in [5, 5.41) is 8.75. The minimum absolute atomic E-state index is 0.191. The number of unbranched alkanes of at least 4 members (excludes halogenated alkanes) is 1. The number of amides is 1. The number of fused-ring (bicyclic) bond motifs is 3. The van der Waals surface area contributed by atoms with Crippen molar-refractivity contribution in [3.8, 4) is 0 Å². The normalized spacial score (nSPS) is 11.2. The number of hydrogen-bond donors (Lipinski definition) is 1. The second-order valence-electron chi connectivity index (χ2n) is 7.37. The first-order chi connectivity index (χ1) is 15.9. The number of carbonyl (C=O) groups excluding carboxylic acids is 2. The number of anilines is 1. The number of carbonyl (C=O) groups is 2. The molecule has 4 aromatic rings. The third kappa shape index (κ3) is 4.31. The molecular formula is C22H23N5O5S. The maximum Gasteiger partial charge on any atom is 0.352 e. The first-order valence-electron chi connectivity index (χ1n) is 10.6. The van der Waals surface area contributed by atoms with Gasteiger partial charge in [0.25, 0.3) is 5.56 Å². The maximum atomic E-state index is 13.1. The van der Waals surface area contributed by atoms with Crippen LogP contribution in [0.2, 0.25) is 0 Å². The van der Waals surface area contributed by atoms with E-state index in [4.69, 9.17) is 4.74 Å². The van der Waals surface area contributed by atoms with Crippen molar-refractivity contribution in [3.05, 3.63) is 62.1 Å². The van der Waals surface area contributed by atoms with Gasteiger partial charge in [-0.25, -0.2) is 18.7 Å². The minimum Gasteiger partial charge on any atom is -0.462 e. The predicted molar refractivity (Wildman–Crippen MR) is 125 cm³/mol. The lowest BCUT2D eigenvalue weighted by molar-refractivity contribution is -0.117. The van der Waals surface area contributed by atoms with Gasteiger partial charge >= 0.3 is 11.7 Å². The third-order valence-corrected chi connectivity index (χ3v) is 5.99. The van der Waals surface area contributed by atoms with Crippen molar-refractivity contribution in [2.45, 2.75) is 39.8 Å². The van der Waals surface area contributed by atoms with E-state index in [1.807, 2.05) is 6.92 Å². The summed E-state index contributed by atoms with van der Waals surface area (Å²) in [7, 11) is 0. The van der Waals surface area contributed by atoms with E-state index in [1.54, 1.807) is 42.6 Å². The molecule has 3 heterocycles. The van der Waals surface area contributed by atoms with E-state index < -0.39 is 17.6 Å². The van der Waals surface area contributed by atoms with Crippen molar-refractivity contribution in [3.63, 3.8) is 0 Å². The summed E-state index contributed by atoms with van der Waals surface area (Å²) in [6.45, 7) is 4.12. The summed E-state index contributed by atoms with van der Waals surface area (Å²) in [4.78, 5) is 50.3. The lowest BCUT2D eigenvalue weighted by Gasteiger charge is -2.06. The number of thiophene rings is 1. The van der Waals surface area contributed by atoms with Crippen molar-refractivity contribution >= 4 is 44.9 Å². The van der Waals surface area contributed by atoms with E-state index in [1.165, 1.54) is 20.3 Å². The van der Waals surface area contributed by atoms with Crippen LogP contribution in [0.25, 0.3) is 16.0 Å². The van der Waals surface area contributed by atoms with Crippen LogP contribution in [0, 0.1) is 0 Å². The average molecular weight is 470 g/mol. The first kappa shape index (κ1) is 22.5. The van der Waals surface area contributed by atoms with Crippen LogP contribution in [0.3, 0.4) is 0 Å². The van der Waals surface area contributed by atoms with E-state index >= 15 is 0 Å². The Balaban J connectivity index is 1.62. The molecule has 0 aliphatic rings. The number of nitrogens with one attached hydrogen (secondary N) is 1. The average Bonchev–Trinajstić information content (AvgIpc) is 3.40. The highest BCUT2D eigenvalue weighted by molar-refractivity contribution is 7.17. The second kappa shape index (κ2) is 9.41. The van der Waals surface area contributed by atoms with E-state index in [9.17, 15) is 19.2 Å². The molecule has 172 valence electrons. The van der Waals surface area contributed by atoms with Gasteiger partial charge in [0.05, 0.1) is 17.7 Å². The van der Waals surface area contributed by atoms with Crippen LogP contribution in [0.4, 0.5) is 5.69 Å². The van der Waals surface area contributed by atoms with Gasteiger partial charge in [-0.1, -0.05) is 13.3 Å². The molecule has 0 aliphatic carbocycles. The lowest BCUT2D eigenvalue weighted by Crippen LogP contribution is -2.29. The SMILES string of the molecule is CCCCn1c(=O)c2sccc2n2c(=O)n(CC(=O)Nc3ccc(C(=O)OCC)cc3)nc12. The summed E-state index contributed by atoms with van der Waals surface area (Å²) in [5.74, 6) is -0.690. The van der Waals surface area contributed by atoms with Crippen molar-refractivity contribution < 1.29 is 14.3 Å². The fourth-order valence-electron chi connectivity index (χ4n) is 3.50. The third-order valence-electron chi connectivity index (χ3n) is 5.10. The largest absolute Gasteiger partial charge is 0.462 e. The molecule has 0 atom stereocenters. The van der Waals surface area contributed by atoms with Gasteiger partial charge in [-0.3, -0.25) is 14.2 Å². The molecule has 0 bridgehead atoms. The maximum absolute atomic E-state index is 13.1. The Kier molecular flexibility index (Phi) is 6.40. The van der Waals surface area contributed by atoms with E-state index in [-0.39, 0.29) is 24.5 Å². The van der Waals surface area contributed by atoms with Gasteiger partial charge in [-0.2, -0.15) is 0 Å². The number of hydrogen-bond acceptors (Lipinski definition) is 7. The number of nitrogens with zero attached hydrogens (tertiary/aromatic N) is 4. The summed E-state index contributed by atoms with van der Waals surface area (Å²) in [6, 6.07) is 7.95. The molecule has 1 N–H and O–H groups in total. The molecule has 0 spiro atoms. The smallest absolute Gasteiger partial charge is 0.352 e. The number of rotatable bonds is 8. The molecule has 3 aromatic heterocycles. The van der Waals surface area contributed by atoms with Crippen molar-refractivity contribution in [1.82, 2.24) is 18.7 Å². The van der Waals surface area contributed by atoms with E-state index in [2.05, 4.69) is 10.4 Å². The van der Waals surface area contributed by atoms with Crippen LogP contribution in [0.5, 0.6) is 0 Å². The molecule has 33 heavy (non-hydrogen) atoms. The van der Waals surface area contributed by atoms with Gasteiger partial charge in [0.2, 0.25) is 11.7 Å².